The predicted octanol–water partition coefficient (Wildman–Crippen LogP) is 2.93. The highest BCUT2D eigenvalue weighted by molar-refractivity contribution is 7.89. The van der Waals surface area contributed by atoms with Gasteiger partial charge in [-0.1, -0.05) is 17.7 Å². The molecule has 0 bridgehead atoms. The van der Waals surface area contributed by atoms with Gasteiger partial charge in [-0.05, 0) is 32.0 Å². The number of nitrogens with one attached hydrogen (secondary N) is 1. The molecule has 108 valence electrons. The van der Waals surface area contributed by atoms with E-state index < -0.39 is 10.0 Å². The standard InChI is InChI=1S/C13H15ClN2O2S2/c1-9-10(2)19-13(16-9)6-7-15-20(17,18)12-5-3-4-11(14)8-12/h3-5,8,15H,6-7H2,1-2H3. The third kappa shape index (κ3) is 3.79. The Morgan fingerprint density at radius 3 is 2.70 bits per heavy atom. The molecule has 0 saturated heterocycles. The van der Waals surface area contributed by atoms with Crippen molar-refractivity contribution in [2.45, 2.75) is 25.2 Å². The Hall–Kier alpha value is -0.950. The van der Waals surface area contributed by atoms with Crippen molar-refractivity contribution in [3.8, 4) is 0 Å². The number of benzene rings is 1. The van der Waals surface area contributed by atoms with Crippen LogP contribution in [0.15, 0.2) is 29.2 Å². The molecule has 1 heterocycles. The van der Waals surface area contributed by atoms with Crippen molar-refractivity contribution < 1.29 is 8.42 Å². The molecule has 0 saturated carbocycles. The van der Waals surface area contributed by atoms with Crippen LogP contribution in [0, 0.1) is 13.8 Å². The molecule has 4 nitrogen and oxygen atoms in total. The van der Waals surface area contributed by atoms with Gasteiger partial charge < -0.3 is 0 Å². The number of halogens is 1. The molecule has 1 aromatic carbocycles. The molecule has 0 aliphatic carbocycles. The van der Waals surface area contributed by atoms with Crippen LogP contribution in [0.3, 0.4) is 0 Å². The summed E-state index contributed by atoms with van der Waals surface area (Å²) < 4.78 is 26.7. The van der Waals surface area contributed by atoms with E-state index in [1.54, 1.807) is 23.5 Å². The minimum atomic E-state index is -3.51. The lowest BCUT2D eigenvalue weighted by Crippen LogP contribution is -2.25. The zero-order valence-corrected chi connectivity index (χ0v) is 13.6. The summed E-state index contributed by atoms with van der Waals surface area (Å²) in [6, 6.07) is 6.21. The minimum Gasteiger partial charge on any atom is -0.246 e. The topological polar surface area (TPSA) is 59.1 Å². The van der Waals surface area contributed by atoms with E-state index in [9.17, 15) is 8.42 Å². The molecule has 0 aliphatic rings. The fourth-order valence-electron chi connectivity index (χ4n) is 1.66. The molecule has 1 aromatic heterocycles. The third-order valence-corrected chi connectivity index (χ3v) is 5.64. The quantitative estimate of drug-likeness (QED) is 0.917. The molecule has 0 radical (unpaired) electrons. The van der Waals surface area contributed by atoms with E-state index in [2.05, 4.69) is 9.71 Å². The van der Waals surface area contributed by atoms with Crippen LogP contribution in [0.5, 0.6) is 0 Å². The van der Waals surface area contributed by atoms with Crippen LogP contribution < -0.4 is 4.72 Å². The van der Waals surface area contributed by atoms with Gasteiger partial charge in [-0.25, -0.2) is 18.1 Å². The van der Waals surface area contributed by atoms with E-state index in [-0.39, 0.29) is 4.90 Å². The number of nitrogens with zero attached hydrogens (tertiary/aromatic N) is 1. The Balaban J connectivity index is 1.99. The SMILES string of the molecule is Cc1nc(CCNS(=O)(=O)c2cccc(Cl)c2)sc1C. The minimum absolute atomic E-state index is 0.177. The zero-order chi connectivity index (χ0) is 14.8. The predicted molar refractivity (Wildman–Crippen MR) is 81.9 cm³/mol. The second-order valence-corrected chi connectivity index (χ2v) is 7.85. The van der Waals surface area contributed by atoms with Gasteiger partial charge in [0.25, 0.3) is 0 Å². The maximum Gasteiger partial charge on any atom is 0.240 e. The van der Waals surface area contributed by atoms with Gasteiger partial charge in [0.05, 0.1) is 15.6 Å². The Bertz CT molecular complexity index is 691. The number of aromatic nitrogens is 1. The van der Waals surface area contributed by atoms with Gasteiger partial charge in [0.15, 0.2) is 0 Å². The highest BCUT2D eigenvalue weighted by Gasteiger charge is 2.14. The lowest BCUT2D eigenvalue weighted by Gasteiger charge is -2.06. The largest absolute Gasteiger partial charge is 0.246 e. The summed E-state index contributed by atoms with van der Waals surface area (Å²) >= 11 is 7.40. The lowest BCUT2D eigenvalue weighted by molar-refractivity contribution is 0.581. The molecular formula is C13H15ClN2O2S2. The van der Waals surface area contributed by atoms with Gasteiger partial charge in [0, 0.05) is 22.9 Å². The van der Waals surface area contributed by atoms with E-state index in [1.807, 2.05) is 13.8 Å². The van der Waals surface area contributed by atoms with Crippen molar-refractivity contribution in [2.75, 3.05) is 6.54 Å². The molecule has 2 aromatic rings. The molecule has 7 heteroatoms. The lowest BCUT2D eigenvalue weighted by atomic mass is 10.4. The van der Waals surface area contributed by atoms with Crippen molar-refractivity contribution in [1.82, 2.24) is 9.71 Å². The summed E-state index contributed by atoms with van der Waals surface area (Å²) in [4.78, 5) is 5.72. The summed E-state index contributed by atoms with van der Waals surface area (Å²) in [6.07, 6.45) is 0.582. The number of thiazole rings is 1. The average molecular weight is 331 g/mol. The van der Waals surface area contributed by atoms with E-state index in [4.69, 9.17) is 11.6 Å². The summed E-state index contributed by atoms with van der Waals surface area (Å²) in [5, 5.41) is 1.34. The van der Waals surface area contributed by atoms with Crippen LogP contribution in [-0.2, 0) is 16.4 Å². The molecule has 0 fully saturated rings. The molecule has 20 heavy (non-hydrogen) atoms. The van der Waals surface area contributed by atoms with Crippen molar-refractivity contribution in [2.24, 2.45) is 0 Å². The molecule has 0 aliphatic heterocycles. The van der Waals surface area contributed by atoms with Gasteiger partial charge in [-0.3, -0.25) is 0 Å². The zero-order valence-electron chi connectivity index (χ0n) is 11.2. The second-order valence-electron chi connectivity index (χ2n) is 4.35. The third-order valence-electron chi connectivity index (χ3n) is 2.81. The van der Waals surface area contributed by atoms with Crippen LogP contribution in [0.25, 0.3) is 0 Å². The van der Waals surface area contributed by atoms with Crippen LogP contribution in [-0.4, -0.2) is 19.9 Å². The van der Waals surface area contributed by atoms with Gasteiger partial charge in [-0.2, -0.15) is 0 Å². The first kappa shape index (κ1) is 15.4. The molecule has 0 atom stereocenters. The summed E-state index contributed by atoms with van der Waals surface area (Å²) in [6.45, 7) is 4.28. The first-order valence-electron chi connectivity index (χ1n) is 6.06. The first-order valence-corrected chi connectivity index (χ1v) is 8.74. The first-order chi connectivity index (χ1) is 9.38. The van der Waals surface area contributed by atoms with Crippen molar-refractivity contribution >= 4 is 33.0 Å². The van der Waals surface area contributed by atoms with Gasteiger partial charge in [-0.15, -0.1) is 11.3 Å². The van der Waals surface area contributed by atoms with E-state index in [0.29, 0.717) is 18.0 Å². The molecular weight excluding hydrogens is 316 g/mol. The van der Waals surface area contributed by atoms with Crippen LogP contribution in [0.1, 0.15) is 15.6 Å². The number of aryl methyl sites for hydroxylation is 2. The van der Waals surface area contributed by atoms with Crippen molar-refractivity contribution in [3.63, 3.8) is 0 Å². The highest BCUT2D eigenvalue weighted by Crippen LogP contribution is 2.17. The van der Waals surface area contributed by atoms with Gasteiger partial charge in [0.2, 0.25) is 10.0 Å². The maximum absolute atomic E-state index is 12.1. The fourth-order valence-corrected chi connectivity index (χ4v) is 3.92. The van der Waals surface area contributed by atoms with E-state index in [0.717, 1.165) is 15.6 Å². The van der Waals surface area contributed by atoms with Crippen molar-refractivity contribution in [3.05, 3.63) is 44.9 Å². The molecule has 2 rings (SSSR count). The number of hydrogen-bond acceptors (Lipinski definition) is 4. The monoisotopic (exact) mass is 330 g/mol. The smallest absolute Gasteiger partial charge is 0.240 e. The summed E-state index contributed by atoms with van der Waals surface area (Å²) in [5.74, 6) is 0. The highest BCUT2D eigenvalue weighted by atomic mass is 35.5. The maximum atomic E-state index is 12.1. The molecule has 0 unspecified atom stereocenters. The van der Waals surface area contributed by atoms with E-state index in [1.165, 1.54) is 12.1 Å². The molecule has 1 N–H and O–H groups in total. The Labute approximate surface area is 127 Å². The summed E-state index contributed by atoms with van der Waals surface area (Å²) in [7, 11) is -3.51. The van der Waals surface area contributed by atoms with Gasteiger partial charge in [0.1, 0.15) is 0 Å². The second kappa shape index (κ2) is 6.22. The van der Waals surface area contributed by atoms with Crippen LogP contribution in [0.4, 0.5) is 0 Å². The Morgan fingerprint density at radius 2 is 2.10 bits per heavy atom. The normalized spacial score (nSPS) is 11.8. The van der Waals surface area contributed by atoms with Crippen LogP contribution >= 0.6 is 22.9 Å². The van der Waals surface area contributed by atoms with Gasteiger partial charge >= 0.3 is 0 Å². The number of rotatable bonds is 5. The number of hydrogen-bond donors (Lipinski definition) is 1. The average Bonchev–Trinajstić information content (AvgIpc) is 2.68. The van der Waals surface area contributed by atoms with Crippen LogP contribution in [0.2, 0.25) is 5.02 Å². The number of sulfonamides is 1. The molecule has 0 amide bonds. The van der Waals surface area contributed by atoms with E-state index >= 15 is 0 Å². The fraction of sp³-hybridized carbons (Fsp3) is 0.308. The Morgan fingerprint density at radius 1 is 1.35 bits per heavy atom. The molecule has 0 spiro atoms. The van der Waals surface area contributed by atoms with Crippen molar-refractivity contribution in [1.29, 1.82) is 0 Å². The Kier molecular flexibility index (Phi) is 4.80. The summed E-state index contributed by atoms with van der Waals surface area (Å²) in [5.41, 5.74) is 1.00.